The minimum absolute atomic E-state index is 0.0808. The molecule has 6 nitrogen and oxygen atoms in total. The Morgan fingerprint density at radius 1 is 1.17 bits per heavy atom. The van der Waals surface area contributed by atoms with E-state index in [0.717, 1.165) is 24.7 Å². The summed E-state index contributed by atoms with van der Waals surface area (Å²) < 4.78 is 5.39. The number of nitrogens with zero attached hydrogens (tertiary/aromatic N) is 3. The molecule has 2 aromatic rings. The van der Waals surface area contributed by atoms with Gasteiger partial charge in [-0.05, 0) is 49.6 Å². The first-order valence-corrected chi connectivity index (χ1v) is 10.9. The van der Waals surface area contributed by atoms with Gasteiger partial charge in [0.25, 0.3) is 5.91 Å². The Kier molecular flexibility index (Phi) is 5.87. The standard InChI is InChI=1S/C22H26N4O2S/c1-14-10-15(2)20(16(3)11-14)18-13-29-22(24-18)25-21(27)17-4-5-23-19(12-17)26-6-8-28-9-7-26/h4-5,10-12,18H,6-9,13H2,1-3H3,(H,24,25,27). The van der Waals surface area contributed by atoms with Crippen LogP contribution in [0, 0.1) is 20.8 Å². The summed E-state index contributed by atoms with van der Waals surface area (Å²) in [4.78, 5) is 24.1. The van der Waals surface area contributed by atoms with Gasteiger partial charge in [-0.1, -0.05) is 29.5 Å². The zero-order valence-electron chi connectivity index (χ0n) is 17.1. The molecule has 1 amide bonds. The van der Waals surface area contributed by atoms with E-state index in [0.29, 0.717) is 23.9 Å². The molecule has 0 radical (unpaired) electrons. The number of rotatable bonds is 3. The highest BCUT2D eigenvalue weighted by Gasteiger charge is 2.25. The summed E-state index contributed by atoms with van der Waals surface area (Å²) in [6.45, 7) is 9.33. The van der Waals surface area contributed by atoms with Gasteiger partial charge in [0, 0.05) is 30.6 Å². The molecule has 4 rings (SSSR count). The zero-order valence-corrected chi connectivity index (χ0v) is 17.9. The second kappa shape index (κ2) is 8.55. The molecule has 0 spiro atoms. The Morgan fingerprint density at radius 3 is 2.62 bits per heavy atom. The maximum atomic E-state index is 12.8. The summed E-state index contributed by atoms with van der Waals surface area (Å²) in [6.07, 6.45) is 1.69. The van der Waals surface area contributed by atoms with Crippen molar-refractivity contribution in [3.63, 3.8) is 0 Å². The molecule has 1 fully saturated rings. The van der Waals surface area contributed by atoms with Crippen LogP contribution in [0.25, 0.3) is 0 Å². The minimum Gasteiger partial charge on any atom is -0.378 e. The SMILES string of the molecule is Cc1cc(C)c(C2CSC(NC(=O)c3ccnc(N4CCOCC4)c3)=N2)c(C)c1. The quantitative estimate of drug-likeness (QED) is 0.840. The van der Waals surface area contributed by atoms with E-state index in [1.165, 1.54) is 22.3 Å². The van der Waals surface area contributed by atoms with Gasteiger partial charge in [-0.2, -0.15) is 0 Å². The van der Waals surface area contributed by atoms with Crippen LogP contribution in [0.15, 0.2) is 35.5 Å². The van der Waals surface area contributed by atoms with Crippen molar-refractivity contribution in [2.24, 2.45) is 4.99 Å². The number of aryl methyl sites for hydroxylation is 3. The number of hydrogen-bond donors (Lipinski definition) is 1. The van der Waals surface area contributed by atoms with Crippen molar-refractivity contribution in [3.05, 3.63) is 58.3 Å². The van der Waals surface area contributed by atoms with Gasteiger partial charge in [0.15, 0.2) is 5.17 Å². The Bertz CT molecular complexity index is 931. The third kappa shape index (κ3) is 4.46. The Morgan fingerprint density at radius 2 is 1.90 bits per heavy atom. The van der Waals surface area contributed by atoms with Crippen LogP contribution >= 0.6 is 11.8 Å². The molecule has 1 N–H and O–H groups in total. The molecule has 1 aromatic carbocycles. The highest BCUT2D eigenvalue weighted by atomic mass is 32.2. The normalized spacial score (nSPS) is 19.2. The number of hydrogen-bond acceptors (Lipinski definition) is 6. The van der Waals surface area contributed by atoms with E-state index in [4.69, 9.17) is 9.73 Å². The van der Waals surface area contributed by atoms with Crippen molar-refractivity contribution in [3.8, 4) is 0 Å². The van der Waals surface area contributed by atoms with Crippen molar-refractivity contribution >= 4 is 28.7 Å². The number of carbonyl (C=O) groups is 1. The van der Waals surface area contributed by atoms with E-state index >= 15 is 0 Å². The summed E-state index contributed by atoms with van der Waals surface area (Å²) in [5.74, 6) is 1.51. The van der Waals surface area contributed by atoms with Crippen LogP contribution < -0.4 is 10.2 Å². The number of morpholine rings is 1. The van der Waals surface area contributed by atoms with Gasteiger partial charge in [-0.15, -0.1) is 0 Å². The molecule has 0 aliphatic carbocycles. The molecule has 152 valence electrons. The van der Waals surface area contributed by atoms with Crippen molar-refractivity contribution in [1.82, 2.24) is 10.3 Å². The Labute approximate surface area is 175 Å². The van der Waals surface area contributed by atoms with Gasteiger partial charge in [-0.25, -0.2) is 4.98 Å². The van der Waals surface area contributed by atoms with E-state index < -0.39 is 0 Å². The molecule has 0 saturated carbocycles. The van der Waals surface area contributed by atoms with Crippen molar-refractivity contribution in [2.45, 2.75) is 26.8 Å². The number of nitrogens with one attached hydrogen (secondary N) is 1. The second-order valence-corrected chi connectivity index (χ2v) is 8.54. The first kappa shape index (κ1) is 19.9. The van der Waals surface area contributed by atoms with Gasteiger partial charge in [0.1, 0.15) is 5.82 Å². The van der Waals surface area contributed by atoms with Crippen molar-refractivity contribution < 1.29 is 9.53 Å². The van der Waals surface area contributed by atoms with Crippen molar-refractivity contribution in [2.75, 3.05) is 37.0 Å². The maximum Gasteiger partial charge on any atom is 0.257 e. The van der Waals surface area contributed by atoms with E-state index in [-0.39, 0.29) is 11.9 Å². The smallest absolute Gasteiger partial charge is 0.257 e. The maximum absolute atomic E-state index is 12.8. The van der Waals surface area contributed by atoms with Crippen LogP contribution in [-0.2, 0) is 4.74 Å². The molecular weight excluding hydrogens is 384 g/mol. The van der Waals surface area contributed by atoms with Crippen LogP contribution in [0.5, 0.6) is 0 Å². The number of amidine groups is 1. The minimum atomic E-state index is -0.147. The lowest BCUT2D eigenvalue weighted by Crippen LogP contribution is -2.37. The van der Waals surface area contributed by atoms with Gasteiger partial charge in [0.05, 0.1) is 19.3 Å². The van der Waals surface area contributed by atoms with Crippen LogP contribution in [0.1, 0.15) is 38.7 Å². The summed E-state index contributed by atoms with van der Waals surface area (Å²) in [6, 6.07) is 8.06. The molecule has 1 aromatic heterocycles. The molecule has 2 aliphatic rings. The molecule has 29 heavy (non-hydrogen) atoms. The Hall–Kier alpha value is -2.38. The third-order valence-corrected chi connectivity index (χ3v) is 6.25. The average molecular weight is 411 g/mol. The summed E-state index contributed by atoms with van der Waals surface area (Å²) in [7, 11) is 0. The van der Waals surface area contributed by atoms with Gasteiger partial charge in [0.2, 0.25) is 0 Å². The molecule has 2 aliphatic heterocycles. The lowest BCUT2D eigenvalue weighted by atomic mass is 9.95. The summed E-state index contributed by atoms with van der Waals surface area (Å²) >= 11 is 1.60. The predicted molar refractivity (Wildman–Crippen MR) is 118 cm³/mol. The topological polar surface area (TPSA) is 66.8 Å². The van der Waals surface area contributed by atoms with E-state index in [9.17, 15) is 4.79 Å². The van der Waals surface area contributed by atoms with E-state index in [1.807, 2.05) is 6.07 Å². The number of pyridine rings is 1. The highest BCUT2D eigenvalue weighted by Crippen LogP contribution is 2.34. The number of aromatic nitrogens is 1. The molecule has 0 bridgehead atoms. The fourth-order valence-corrected chi connectivity index (χ4v) is 4.92. The first-order chi connectivity index (χ1) is 14.0. The molecule has 3 heterocycles. The molecule has 1 unspecified atom stereocenters. The van der Waals surface area contributed by atoms with E-state index in [1.54, 1.807) is 24.0 Å². The number of anilines is 1. The van der Waals surface area contributed by atoms with E-state index in [2.05, 4.69) is 48.1 Å². The first-order valence-electron chi connectivity index (χ1n) is 9.89. The molecule has 1 atom stereocenters. The fraction of sp³-hybridized carbons (Fsp3) is 0.409. The number of carbonyl (C=O) groups excluding carboxylic acids is 1. The largest absolute Gasteiger partial charge is 0.378 e. The second-order valence-electron chi connectivity index (χ2n) is 7.53. The lowest BCUT2D eigenvalue weighted by molar-refractivity contribution is 0.0978. The van der Waals surface area contributed by atoms with Crippen LogP contribution in [0.3, 0.4) is 0 Å². The van der Waals surface area contributed by atoms with Gasteiger partial charge < -0.3 is 15.0 Å². The van der Waals surface area contributed by atoms with Gasteiger partial charge >= 0.3 is 0 Å². The number of benzene rings is 1. The average Bonchev–Trinajstić information content (AvgIpc) is 3.16. The number of amides is 1. The molecule has 7 heteroatoms. The number of thioether (sulfide) groups is 1. The molecular formula is C22H26N4O2S. The predicted octanol–water partition coefficient (Wildman–Crippen LogP) is 3.42. The summed E-state index contributed by atoms with van der Waals surface area (Å²) in [5, 5.41) is 3.66. The number of aliphatic imine (C=N–C) groups is 1. The van der Waals surface area contributed by atoms with Crippen molar-refractivity contribution in [1.29, 1.82) is 0 Å². The highest BCUT2D eigenvalue weighted by molar-refractivity contribution is 8.14. The van der Waals surface area contributed by atoms with Crippen LogP contribution in [-0.4, -0.2) is 48.1 Å². The molecule has 1 saturated heterocycles. The Balaban J connectivity index is 1.47. The fourth-order valence-electron chi connectivity index (χ4n) is 4.00. The van der Waals surface area contributed by atoms with Gasteiger partial charge in [-0.3, -0.25) is 9.79 Å². The monoisotopic (exact) mass is 410 g/mol. The number of ether oxygens (including phenoxy) is 1. The van der Waals surface area contributed by atoms with Crippen LogP contribution in [0.2, 0.25) is 0 Å². The lowest BCUT2D eigenvalue weighted by Gasteiger charge is -2.27. The third-order valence-electron chi connectivity index (χ3n) is 5.29. The zero-order chi connectivity index (χ0) is 20.4. The van der Waals surface area contributed by atoms with Crippen LogP contribution in [0.4, 0.5) is 5.82 Å². The summed E-state index contributed by atoms with van der Waals surface area (Å²) in [5.41, 5.74) is 5.64.